The average Bonchev–Trinajstić information content (AvgIpc) is 2.38. The molecule has 0 radical (unpaired) electrons. The molecule has 0 saturated carbocycles. The molecule has 1 unspecified atom stereocenters. The van der Waals surface area contributed by atoms with Gasteiger partial charge in [-0.3, -0.25) is 0 Å². The van der Waals surface area contributed by atoms with Gasteiger partial charge in [-0.25, -0.2) is 4.79 Å². The van der Waals surface area contributed by atoms with Crippen molar-refractivity contribution in [2.45, 2.75) is 32.8 Å². The highest BCUT2D eigenvalue weighted by Gasteiger charge is 2.42. The van der Waals surface area contributed by atoms with E-state index in [1.54, 1.807) is 6.07 Å². The molecule has 16 heavy (non-hydrogen) atoms. The maximum Gasteiger partial charge on any atom is 0.341 e. The van der Waals surface area contributed by atoms with E-state index in [0.717, 1.165) is 12.0 Å². The summed E-state index contributed by atoms with van der Waals surface area (Å²) in [6, 6.07) is 5.54. The van der Waals surface area contributed by atoms with E-state index in [1.165, 1.54) is 0 Å². The van der Waals surface area contributed by atoms with Crippen molar-refractivity contribution < 1.29 is 9.53 Å². The number of anilines is 1. The van der Waals surface area contributed by atoms with Gasteiger partial charge in [0.2, 0.25) is 0 Å². The molecule has 2 rings (SSSR count). The van der Waals surface area contributed by atoms with E-state index < -0.39 is 5.60 Å². The van der Waals surface area contributed by atoms with Crippen LogP contribution in [0, 0.1) is 5.92 Å². The first-order valence-corrected chi connectivity index (χ1v) is 5.56. The first kappa shape index (κ1) is 11.0. The molecule has 0 bridgehead atoms. The Balaban J connectivity index is 2.51. The molecule has 1 heterocycles. The Morgan fingerprint density at radius 2 is 2.12 bits per heavy atom. The SMILES string of the molecule is CC(C)CC1(C)OC(=O)c2c(N)cccc21. The second-order valence-corrected chi connectivity index (χ2v) is 4.99. The Kier molecular flexibility index (Phi) is 2.41. The van der Waals surface area contributed by atoms with Crippen molar-refractivity contribution in [1.29, 1.82) is 0 Å². The number of carbonyl (C=O) groups is 1. The van der Waals surface area contributed by atoms with Crippen LogP contribution < -0.4 is 5.73 Å². The minimum absolute atomic E-state index is 0.295. The summed E-state index contributed by atoms with van der Waals surface area (Å²) >= 11 is 0. The van der Waals surface area contributed by atoms with Crippen LogP contribution in [0.2, 0.25) is 0 Å². The lowest BCUT2D eigenvalue weighted by atomic mass is 9.86. The third-order valence-corrected chi connectivity index (χ3v) is 2.99. The van der Waals surface area contributed by atoms with E-state index in [0.29, 0.717) is 17.2 Å². The zero-order valence-corrected chi connectivity index (χ0v) is 9.91. The molecule has 3 nitrogen and oxygen atoms in total. The minimum Gasteiger partial charge on any atom is -0.451 e. The number of hydrogen-bond donors (Lipinski definition) is 1. The number of nitrogen functional groups attached to an aromatic ring is 1. The van der Waals surface area contributed by atoms with E-state index >= 15 is 0 Å². The lowest BCUT2D eigenvalue weighted by Crippen LogP contribution is -2.23. The molecule has 1 aromatic carbocycles. The second-order valence-electron chi connectivity index (χ2n) is 4.99. The summed E-state index contributed by atoms with van der Waals surface area (Å²) in [7, 11) is 0. The highest BCUT2D eigenvalue weighted by Crippen LogP contribution is 2.42. The summed E-state index contributed by atoms with van der Waals surface area (Å²) in [5.41, 5.74) is 7.27. The Labute approximate surface area is 95.6 Å². The normalized spacial score (nSPS) is 23.4. The summed E-state index contributed by atoms with van der Waals surface area (Å²) in [4.78, 5) is 11.8. The van der Waals surface area contributed by atoms with Crippen LogP contribution in [0.5, 0.6) is 0 Å². The predicted molar refractivity (Wildman–Crippen MR) is 63.1 cm³/mol. The minimum atomic E-state index is -0.518. The van der Waals surface area contributed by atoms with Gasteiger partial charge in [-0.05, 0) is 25.3 Å². The van der Waals surface area contributed by atoms with Crippen molar-refractivity contribution in [3.63, 3.8) is 0 Å². The molecule has 1 aliphatic rings. The molecule has 1 atom stereocenters. The van der Waals surface area contributed by atoms with Crippen molar-refractivity contribution in [3.05, 3.63) is 29.3 Å². The molecule has 0 fully saturated rings. The van der Waals surface area contributed by atoms with E-state index in [4.69, 9.17) is 10.5 Å². The van der Waals surface area contributed by atoms with Crippen LogP contribution in [-0.4, -0.2) is 5.97 Å². The van der Waals surface area contributed by atoms with Gasteiger partial charge in [0.25, 0.3) is 0 Å². The first-order chi connectivity index (χ1) is 7.44. The largest absolute Gasteiger partial charge is 0.451 e. The zero-order chi connectivity index (χ0) is 11.9. The topological polar surface area (TPSA) is 52.3 Å². The van der Waals surface area contributed by atoms with Crippen LogP contribution in [-0.2, 0) is 10.3 Å². The molecule has 0 aliphatic carbocycles. The van der Waals surface area contributed by atoms with Crippen molar-refractivity contribution in [1.82, 2.24) is 0 Å². The van der Waals surface area contributed by atoms with Gasteiger partial charge in [0, 0.05) is 11.3 Å². The molecule has 0 spiro atoms. The highest BCUT2D eigenvalue weighted by molar-refractivity contribution is 5.99. The summed E-state index contributed by atoms with van der Waals surface area (Å²) in [6.45, 7) is 6.18. The molecular formula is C13H17NO2. The maximum atomic E-state index is 11.8. The fraction of sp³-hybridized carbons (Fsp3) is 0.462. The average molecular weight is 219 g/mol. The van der Waals surface area contributed by atoms with Crippen LogP contribution in [0.25, 0.3) is 0 Å². The van der Waals surface area contributed by atoms with E-state index in [-0.39, 0.29) is 5.97 Å². The standard InChI is InChI=1S/C13H17NO2/c1-8(2)7-13(3)9-5-4-6-10(14)11(9)12(15)16-13/h4-6,8H,7,14H2,1-3H3. The Bertz CT molecular complexity index is 440. The number of rotatable bonds is 2. The molecule has 1 aromatic rings. The fourth-order valence-electron chi connectivity index (χ4n) is 2.48. The van der Waals surface area contributed by atoms with Crippen molar-refractivity contribution in [3.8, 4) is 0 Å². The van der Waals surface area contributed by atoms with Gasteiger partial charge in [0.15, 0.2) is 0 Å². The lowest BCUT2D eigenvalue weighted by Gasteiger charge is -2.25. The van der Waals surface area contributed by atoms with Gasteiger partial charge >= 0.3 is 5.97 Å². The molecule has 0 aromatic heterocycles. The lowest BCUT2D eigenvalue weighted by molar-refractivity contribution is -0.00856. The number of nitrogens with two attached hydrogens (primary N) is 1. The quantitative estimate of drug-likeness (QED) is 0.614. The van der Waals surface area contributed by atoms with Crippen LogP contribution in [0.4, 0.5) is 5.69 Å². The second kappa shape index (κ2) is 3.51. The van der Waals surface area contributed by atoms with Gasteiger partial charge in [-0.15, -0.1) is 0 Å². The van der Waals surface area contributed by atoms with Crippen LogP contribution in [0.15, 0.2) is 18.2 Å². The number of esters is 1. The highest BCUT2D eigenvalue weighted by atomic mass is 16.6. The number of fused-ring (bicyclic) bond motifs is 1. The molecule has 0 amide bonds. The summed E-state index contributed by atoms with van der Waals surface area (Å²) < 4.78 is 5.49. The molecule has 0 saturated heterocycles. The van der Waals surface area contributed by atoms with Crippen LogP contribution in [0.1, 0.15) is 43.1 Å². The van der Waals surface area contributed by atoms with Crippen molar-refractivity contribution >= 4 is 11.7 Å². The van der Waals surface area contributed by atoms with E-state index in [9.17, 15) is 4.79 Å². The Hall–Kier alpha value is -1.51. The Morgan fingerprint density at radius 1 is 1.44 bits per heavy atom. The molecule has 86 valence electrons. The number of benzene rings is 1. The number of hydrogen-bond acceptors (Lipinski definition) is 3. The van der Waals surface area contributed by atoms with Gasteiger partial charge in [-0.1, -0.05) is 26.0 Å². The smallest absolute Gasteiger partial charge is 0.341 e. The van der Waals surface area contributed by atoms with Gasteiger partial charge < -0.3 is 10.5 Å². The van der Waals surface area contributed by atoms with Crippen molar-refractivity contribution in [2.75, 3.05) is 5.73 Å². The number of carbonyl (C=O) groups excluding carboxylic acids is 1. The molecule has 2 N–H and O–H groups in total. The zero-order valence-electron chi connectivity index (χ0n) is 9.91. The van der Waals surface area contributed by atoms with Crippen LogP contribution >= 0.6 is 0 Å². The first-order valence-electron chi connectivity index (χ1n) is 5.56. The number of cyclic esters (lactones) is 1. The number of ether oxygens (including phenoxy) is 1. The third kappa shape index (κ3) is 1.56. The molecule has 1 aliphatic heterocycles. The molecular weight excluding hydrogens is 202 g/mol. The monoisotopic (exact) mass is 219 g/mol. The van der Waals surface area contributed by atoms with E-state index in [2.05, 4.69) is 13.8 Å². The Morgan fingerprint density at radius 3 is 2.75 bits per heavy atom. The molecule has 3 heteroatoms. The summed E-state index contributed by atoms with van der Waals surface area (Å²) in [5, 5.41) is 0. The van der Waals surface area contributed by atoms with Gasteiger partial charge in [0.1, 0.15) is 5.60 Å². The maximum absolute atomic E-state index is 11.8. The van der Waals surface area contributed by atoms with Crippen molar-refractivity contribution in [2.24, 2.45) is 5.92 Å². The van der Waals surface area contributed by atoms with Crippen LogP contribution in [0.3, 0.4) is 0 Å². The van der Waals surface area contributed by atoms with Gasteiger partial charge in [-0.2, -0.15) is 0 Å². The van der Waals surface area contributed by atoms with Gasteiger partial charge in [0.05, 0.1) is 5.56 Å². The predicted octanol–water partition coefficient (Wildman–Crippen LogP) is 2.70. The fourth-order valence-corrected chi connectivity index (χ4v) is 2.48. The third-order valence-electron chi connectivity index (χ3n) is 2.99. The summed E-state index contributed by atoms with van der Waals surface area (Å²) in [5.74, 6) is 0.168. The summed E-state index contributed by atoms with van der Waals surface area (Å²) in [6.07, 6.45) is 0.815. The van der Waals surface area contributed by atoms with E-state index in [1.807, 2.05) is 19.1 Å².